The van der Waals surface area contributed by atoms with Crippen molar-refractivity contribution in [3.8, 4) is 16.9 Å². The zero-order valence-corrected chi connectivity index (χ0v) is 10.3. The molecular formula is C16H13FO2. The van der Waals surface area contributed by atoms with Crippen molar-refractivity contribution in [2.75, 3.05) is 0 Å². The zero-order valence-electron chi connectivity index (χ0n) is 10.3. The van der Waals surface area contributed by atoms with Crippen LogP contribution in [0.2, 0.25) is 0 Å². The first-order valence-corrected chi connectivity index (χ1v) is 6.27. The summed E-state index contributed by atoms with van der Waals surface area (Å²) >= 11 is 0. The number of hydrogen-bond acceptors (Lipinski definition) is 2. The Morgan fingerprint density at radius 1 is 1.16 bits per heavy atom. The zero-order chi connectivity index (χ0) is 13.4. The minimum Gasteiger partial charge on any atom is -0.507 e. The van der Waals surface area contributed by atoms with E-state index < -0.39 is 0 Å². The minimum absolute atomic E-state index is 0.0816. The van der Waals surface area contributed by atoms with Gasteiger partial charge in [0.05, 0.1) is 0 Å². The molecule has 3 heteroatoms. The summed E-state index contributed by atoms with van der Waals surface area (Å²) < 4.78 is 13.0. The van der Waals surface area contributed by atoms with Gasteiger partial charge in [0.15, 0.2) is 0 Å². The van der Waals surface area contributed by atoms with E-state index in [0.29, 0.717) is 17.0 Å². The Morgan fingerprint density at radius 3 is 2.42 bits per heavy atom. The average molecular weight is 256 g/mol. The average Bonchev–Trinajstić information content (AvgIpc) is 3.23. The Kier molecular flexibility index (Phi) is 2.82. The van der Waals surface area contributed by atoms with E-state index in [4.69, 9.17) is 0 Å². The minimum atomic E-state index is -0.305. The maximum absolute atomic E-state index is 13.0. The fourth-order valence-corrected chi connectivity index (χ4v) is 2.39. The molecular weight excluding hydrogens is 243 g/mol. The molecule has 0 bridgehead atoms. The van der Waals surface area contributed by atoms with Gasteiger partial charge in [0, 0.05) is 11.1 Å². The van der Waals surface area contributed by atoms with E-state index in [-0.39, 0.29) is 11.6 Å². The van der Waals surface area contributed by atoms with E-state index in [2.05, 4.69) is 0 Å². The summed E-state index contributed by atoms with van der Waals surface area (Å²) in [6.07, 6.45) is 2.87. The molecule has 0 aromatic heterocycles. The molecule has 3 rings (SSSR count). The smallest absolute Gasteiger partial charge is 0.150 e. The fraction of sp³-hybridized carbons (Fsp3) is 0.188. The molecule has 2 nitrogen and oxygen atoms in total. The van der Waals surface area contributed by atoms with Crippen LogP contribution < -0.4 is 0 Å². The van der Waals surface area contributed by atoms with Crippen molar-refractivity contribution in [1.29, 1.82) is 0 Å². The van der Waals surface area contributed by atoms with Crippen molar-refractivity contribution in [1.82, 2.24) is 0 Å². The number of phenolic OH excluding ortho intramolecular Hbond substituents is 1. The Balaban J connectivity index is 2.18. The first kappa shape index (κ1) is 11.9. The predicted octanol–water partition coefficient (Wildman–Crippen LogP) is 3.89. The molecule has 0 unspecified atom stereocenters. The van der Waals surface area contributed by atoms with E-state index in [1.807, 2.05) is 6.07 Å². The Hall–Kier alpha value is -2.16. The molecule has 1 aliphatic rings. The standard InChI is InChI=1S/C16H13FO2/c17-13-5-3-12(4-6-13)16-14(11-1-2-11)7-10(9-18)8-15(16)19/h3-9,11,19H,1-2H2. The highest BCUT2D eigenvalue weighted by Crippen LogP contribution is 2.47. The van der Waals surface area contributed by atoms with Gasteiger partial charge in [-0.2, -0.15) is 0 Å². The molecule has 0 heterocycles. The normalized spacial score (nSPS) is 14.4. The summed E-state index contributed by atoms with van der Waals surface area (Å²) in [6.45, 7) is 0. The van der Waals surface area contributed by atoms with Gasteiger partial charge in [-0.1, -0.05) is 12.1 Å². The van der Waals surface area contributed by atoms with Gasteiger partial charge in [0.1, 0.15) is 17.9 Å². The van der Waals surface area contributed by atoms with Crippen LogP contribution in [0.3, 0.4) is 0 Å². The highest BCUT2D eigenvalue weighted by Gasteiger charge is 2.28. The van der Waals surface area contributed by atoms with Crippen LogP contribution in [-0.2, 0) is 0 Å². The summed E-state index contributed by atoms with van der Waals surface area (Å²) in [6, 6.07) is 9.33. The quantitative estimate of drug-likeness (QED) is 0.846. The number of aromatic hydroxyl groups is 1. The Labute approximate surface area is 110 Å². The molecule has 0 spiro atoms. The highest BCUT2D eigenvalue weighted by atomic mass is 19.1. The second-order valence-corrected chi connectivity index (χ2v) is 4.90. The molecule has 1 N–H and O–H groups in total. The van der Waals surface area contributed by atoms with Gasteiger partial charge < -0.3 is 5.11 Å². The van der Waals surface area contributed by atoms with Crippen LogP contribution in [0.4, 0.5) is 4.39 Å². The first-order valence-electron chi connectivity index (χ1n) is 6.27. The van der Waals surface area contributed by atoms with E-state index in [9.17, 15) is 14.3 Å². The lowest BCUT2D eigenvalue weighted by Crippen LogP contribution is -1.92. The number of halogens is 1. The molecule has 0 aliphatic heterocycles. The van der Waals surface area contributed by atoms with Crippen LogP contribution >= 0.6 is 0 Å². The van der Waals surface area contributed by atoms with Gasteiger partial charge >= 0.3 is 0 Å². The summed E-state index contributed by atoms with van der Waals surface area (Å²) in [5, 5.41) is 10.2. The summed E-state index contributed by atoms with van der Waals surface area (Å²) in [4.78, 5) is 10.9. The first-order chi connectivity index (χ1) is 9.19. The lowest BCUT2D eigenvalue weighted by atomic mass is 9.94. The van der Waals surface area contributed by atoms with Gasteiger partial charge in [-0.15, -0.1) is 0 Å². The number of hydrogen-bond donors (Lipinski definition) is 1. The highest BCUT2D eigenvalue weighted by molar-refractivity contribution is 5.83. The van der Waals surface area contributed by atoms with Crippen molar-refractivity contribution < 1.29 is 14.3 Å². The monoisotopic (exact) mass is 256 g/mol. The third-order valence-corrected chi connectivity index (χ3v) is 3.46. The SMILES string of the molecule is O=Cc1cc(O)c(-c2ccc(F)cc2)c(C2CC2)c1. The summed E-state index contributed by atoms with van der Waals surface area (Å²) in [5.41, 5.74) is 2.95. The number of benzene rings is 2. The van der Waals surface area contributed by atoms with Crippen molar-refractivity contribution in [2.45, 2.75) is 18.8 Å². The lowest BCUT2D eigenvalue weighted by Gasteiger charge is -2.12. The van der Waals surface area contributed by atoms with Gasteiger partial charge in [-0.25, -0.2) is 4.39 Å². The van der Waals surface area contributed by atoms with Crippen molar-refractivity contribution in [3.63, 3.8) is 0 Å². The molecule has 0 radical (unpaired) electrons. The number of carbonyl (C=O) groups is 1. The van der Waals surface area contributed by atoms with E-state index in [1.54, 1.807) is 12.1 Å². The van der Waals surface area contributed by atoms with Crippen LogP contribution in [0, 0.1) is 5.82 Å². The molecule has 96 valence electrons. The van der Waals surface area contributed by atoms with Crippen LogP contribution in [0.25, 0.3) is 11.1 Å². The second kappa shape index (κ2) is 4.50. The molecule has 1 fully saturated rings. The molecule has 19 heavy (non-hydrogen) atoms. The van der Waals surface area contributed by atoms with E-state index >= 15 is 0 Å². The summed E-state index contributed by atoms with van der Waals surface area (Å²) in [5.74, 6) is 0.171. The number of phenols is 1. The van der Waals surface area contributed by atoms with Gasteiger partial charge in [-0.05, 0) is 54.2 Å². The maximum atomic E-state index is 13.0. The number of rotatable bonds is 3. The molecule has 2 aromatic carbocycles. The third-order valence-electron chi connectivity index (χ3n) is 3.46. The van der Waals surface area contributed by atoms with Crippen LogP contribution in [0.5, 0.6) is 5.75 Å². The van der Waals surface area contributed by atoms with Gasteiger partial charge in [-0.3, -0.25) is 4.79 Å². The summed E-state index contributed by atoms with van der Waals surface area (Å²) in [7, 11) is 0. The van der Waals surface area contributed by atoms with E-state index in [1.165, 1.54) is 18.2 Å². The van der Waals surface area contributed by atoms with Crippen LogP contribution in [0.15, 0.2) is 36.4 Å². The topological polar surface area (TPSA) is 37.3 Å². The second-order valence-electron chi connectivity index (χ2n) is 4.90. The molecule has 0 amide bonds. The van der Waals surface area contributed by atoms with Crippen LogP contribution in [-0.4, -0.2) is 11.4 Å². The van der Waals surface area contributed by atoms with E-state index in [0.717, 1.165) is 30.3 Å². The maximum Gasteiger partial charge on any atom is 0.150 e. The number of aldehydes is 1. The molecule has 0 saturated heterocycles. The van der Waals surface area contributed by atoms with Crippen molar-refractivity contribution in [3.05, 3.63) is 53.3 Å². The molecule has 1 aliphatic carbocycles. The van der Waals surface area contributed by atoms with Gasteiger partial charge in [0.2, 0.25) is 0 Å². The molecule has 0 atom stereocenters. The lowest BCUT2D eigenvalue weighted by molar-refractivity contribution is 0.112. The van der Waals surface area contributed by atoms with Gasteiger partial charge in [0.25, 0.3) is 0 Å². The fourth-order valence-electron chi connectivity index (χ4n) is 2.39. The largest absolute Gasteiger partial charge is 0.507 e. The Bertz CT molecular complexity index is 628. The predicted molar refractivity (Wildman–Crippen MR) is 70.9 cm³/mol. The van der Waals surface area contributed by atoms with Crippen molar-refractivity contribution >= 4 is 6.29 Å². The third kappa shape index (κ3) is 2.24. The van der Waals surface area contributed by atoms with Crippen molar-refractivity contribution in [2.24, 2.45) is 0 Å². The Morgan fingerprint density at radius 2 is 1.84 bits per heavy atom. The number of carbonyl (C=O) groups excluding carboxylic acids is 1. The van der Waals surface area contributed by atoms with Crippen LogP contribution in [0.1, 0.15) is 34.7 Å². The molecule has 1 saturated carbocycles. The molecule has 2 aromatic rings.